The molecule has 2 atom stereocenters. The normalized spacial score (nSPS) is 20.9. The summed E-state index contributed by atoms with van der Waals surface area (Å²) in [6.07, 6.45) is -2.31. The Hall–Kier alpha value is -3.63. The second-order valence-corrected chi connectivity index (χ2v) is 12.8. The van der Waals surface area contributed by atoms with E-state index in [0.29, 0.717) is 31.1 Å². The third kappa shape index (κ3) is 6.97. The van der Waals surface area contributed by atoms with Gasteiger partial charge >= 0.3 is 12.2 Å². The van der Waals surface area contributed by atoms with Crippen LogP contribution in [0.4, 0.5) is 29.1 Å². The Morgan fingerprint density at radius 1 is 1.27 bits per heavy atom. The summed E-state index contributed by atoms with van der Waals surface area (Å²) in [5.41, 5.74) is 0.302. The molecular formula is C31H36ClF4N7O2. The maximum Gasteiger partial charge on any atom is 0.418 e. The van der Waals surface area contributed by atoms with E-state index in [2.05, 4.69) is 16.3 Å². The van der Waals surface area contributed by atoms with Gasteiger partial charge in [-0.3, -0.25) is 4.79 Å². The number of aromatic nitrogens is 2. The number of ether oxygens (including phenoxy) is 1. The molecule has 9 nitrogen and oxygen atoms in total. The highest BCUT2D eigenvalue weighted by molar-refractivity contribution is 6.33. The van der Waals surface area contributed by atoms with Gasteiger partial charge in [0.1, 0.15) is 11.9 Å². The molecule has 1 aromatic carbocycles. The molecule has 2 aliphatic heterocycles. The third-order valence-electron chi connectivity index (χ3n) is 8.67. The summed E-state index contributed by atoms with van der Waals surface area (Å²) in [7, 11) is 3.99. The van der Waals surface area contributed by atoms with Crippen molar-refractivity contribution in [3.8, 4) is 6.01 Å². The van der Waals surface area contributed by atoms with Gasteiger partial charge in [-0.25, -0.2) is 11.0 Å². The molecule has 0 N–H and O–H groups in total. The lowest BCUT2D eigenvalue weighted by atomic mass is 9.96. The van der Waals surface area contributed by atoms with E-state index in [9.17, 15) is 22.4 Å². The van der Waals surface area contributed by atoms with Crippen LogP contribution in [0.15, 0.2) is 30.6 Å². The second kappa shape index (κ2) is 12.6. The highest BCUT2D eigenvalue weighted by atomic mass is 35.5. The molecule has 3 heterocycles. The van der Waals surface area contributed by atoms with Crippen molar-refractivity contribution in [1.82, 2.24) is 19.8 Å². The minimum atomic E-state index is -4.61. The Kier molecular flexibility index (Phi) is 9.20. The van der Waals surface area contributed by atoms with Crippen LogP contribution in [0.5, 0.6) is 6.01 Å². The van der Waals surface area contributed by atoms with E-state index in [0.717, 1.165) is 31.0 Å². The van der Waals surface area contributed by atoms with Crippen molar-refractivity contribution >= 4 is 29.0 Å². The molecule has 14 heteroatoms. The molecule has 1 saturated carbocycles. The van der Waals surface area contributed by atoms with Gasteiger partial charge < -0.3 is 29.2 Å². The van der Waals surface area contributed by atoms with E-state index in [1.807, 2.05) is 25.9 Å². The Morgan fingerprint density at radius 3 is 2.62 bits per heavy atom. The Bertz CT molecular complexity index is 1510. The number of benzene rings is 1. The van der Waals surface area contributed by atoms with Gasteiger partial charge in [-0.1, -0.05) is 24.2 Å². The molecule has 0 spiro atoms. The number of carbonyl (C=O) groups is 1. The van der Waals surface area contributed by atoms with Crippen LogP contribution < -0.4 is 14.5 Å². The summed E-state index contributed by atoms with van der Waals surface area (Å²) < 4.78 is 62.3. The number of carbonyl (C=O) groups excluding carboxylic acids is 1. The number of anilines is 2. The third-order valence-corrected chi connectivity index (χ3v) is 8.98. The number of para-hydroxylation sites is 1. The molecule has 1 aliphatic carbocycles. The predicted molar refractivity (Wildman–Crippen MR) is 163 cm³/mol. The molecule has 0 radical (unpaired) electrons. The summed E-state index contributed by atoms with van der Waals surface area (Å²) in [5.74, 6) is -1.40. The van der Waals surface area contributed by atoms with Crippen LogP contribution >= 0.6 is 11.6 Å². The highest BCUT2D eigenvalue weighted by Gasteiger charge is 2.45. The van der Waals surface area contributed by atoms with Crippen molar-refractivity contribution in [2.45, 2.75) is 51.0 Å². The van der Waals surface area contributed by atoms with Gasteiger partial charge in [-0.15, -0.1) is 0 Å². The highest BCUT2D eigenvalue weighted by Crippen LogP contribution is 2.47. The van der Waals surface area contributed by atoms with Gasteiger partial charge in [-0.05, 0) is 52.4 Å². The zero-order chi connectivity index (χ0) is 32.7. The van der Waals surface area contributed by atoms with Crippen molar-refractivity contribution in [1.29, 1.82) is 0 Å². The number of nitrogens with zero attached hydrogens (tertiary/aromatic N) is 7. The van der Waals surface area contributed by atoms with Crippen LogP contribution in [0, 0.1) is 12.0 Å². The first-order valence-corrected chi connectivity index (χ1v) is 15.1. The quantitative estimate of drug-likeness (QED) is 0.209. The Labute approximate surface area is 265 Å². The molecule has 2 fully saturated rings. The number of halogens is 5. The molecule has 1 amide bonds. The zero-order valence-electron chi connectivity index (χ0n) is 25.5. The average molecular weight is 650 g/mol. The van der Waals surface area contributed by atoms with Crippen LogP contribution in [0.2, 0.25) is 5.02 Å². The lowest BCUT2D eigenvalue weighted by Crippen LogP contribution is -2.57. The fourth-order valence-corrected chi connectivity index (χ4v) is 6.65. The molecule has 3 aliphatic rings. The molecule has 5 rings (SSSR count). The van der Waals surface area contributed by atoms with E-state index in [4.69, 9.17) is 32.9 Å². The van der Waals surface area contributed by atoms with Crippen LogP contribution in [0.1, 0.15) is 36.6 Å². The first kappa shape index (κ1) is 32.8. The standard InChI is InChI=1S/C31H36ClF4N7O2/c1-19-13-22-25(16-43(19)26-23(31(34,35)36)7-6-8-24(26)32)38-29(45-18-30(9-10-30)17-40(4)5)39-27(22)41-11-12-42(28(44)20(2)33)21(15-41)14-37-3/h6-8,19,21H,2,9-18H2,1,4-5H3/t19?,21-/m0/s1. The van der Waals surface area contributed by atoms with E-state index in [1.54, 1.807) is 4.90 Å². The fourth-order valence-electron chi connectivity index (χ4n) is 6.37. The molecule has 242 valence electrons. The Morgan fingerprint density at radius 2 is 2.00 bits per heavy atom. The van der Waals surface area contributed by atoms with Gasteiger partial charge in [0.05, 0.1) is 35.1 Å². The fraction of sp³-hybridized carbons (Fsp3) is 0.548. The maximum absolute atomic E-state index is 14.1. The molecule has 1 saturated heterocycles. The van der Waals surface area contributed by atoms with Crippen LogP contribution in [0.3, 0.4) is 0 Å². The summed E-state index contributed by atoms with van der Waals surface area (Å²) in [4.78, 5) is 32.5. The monoisotopic (exact) mass is 649 g/mol. The summed E-state index contributed by atoms with van der Waals surface area (Å²) in [6, 6.07) is 2.84. The molecular weight excluding hydrogens is 614 g/mol. The number of rotatable bonds is 9. The van der Waals surface area contributed by atoms with Crippen molar-refractivity contribution in [2.24, 2.45) is 5.41 Å². The van der Waals surface area contributed by atoms with Gasteiger partial charge in [0.2, 0.25) is 6.54 Å². The average Bonchev–Trinajstić information content (AvgIpc) is 3.73. The molecule has 45 heavy (non-hydrogen) atoms. The van der Waals surface area contributed by atoms with Gasteiger partial charge in [-0.2, -0.15) is 23.1 Å². The first-order valence-electron chi connectivity index (χ1n) is 14.8. The predicted octanol–water partition coefficient (Wildman–Crippen LogP) is 5.24. The smallest absolute Gasteiger partial charge is 0.418 e. The van der Waals surface area contributed by atoms with Gasteiger partial charge in [0.25, 0.3) is 5.91 Å². The van der Waals surface area contributed by atoms with Crippen LogP contribution in [-0.4, -0.2) is 91.2 Å². The van der Waals surface area contributed by atoms with Crippen molar-refractivity contribution in [2.75, 3.05) is 63.2 Å². The number of amides is 1. The minimum absolute atomic E-state index is 0.0116. The van der Waals surface area contributed by atoms with Crippen molar-refractivity contribution < 1.29 is 27.1 Å². The van der Waals surface area contributed by atoms with Gasteiger partial charge in [0, 0.05) is 43.2 Å². The Balaban J connectivity index is 1.53. The lowest BCUT2D eigenvalue weighted by Gasteiger charge is -2.42. The van der Waals surface area contributed by atoms with E-state index >= 15 is 0 Å². The van der Waals surface area contributed by atoms with E-state index < -0.39 is 35.6 Å². The first-order chi connectivity index (χ1) is 21.2. The second-order valence-electron chi connectivity index (χ2n) is 12.4. The summed E-state index contributed by atoms with van der Waals surface area (Å²) in [6.45, 7) is 14.2. The molecule has 0 bridgehead atoms. The van der Waals surface area contributed by atoms with Crippen molar-refractivity contribution in [3.63, 3.8) is 0 Å². The molecule has 1 aromatic heterocycles. The lowest BCUT2D eigenvalue weighted by molar-refractivity contribution is -0.137. The number of hydrogen-bond acceptors (Lipinski definition) is 7. The number of hydrogen-bond donors (Lipinski definition) is 0. The number of alkyl halides is 3. The minimum Gasteiger partial charge on any atom is -0.463 e. The molecule has 1 unspecified atom stereocenters. The maximum atomic E-state index is 14.1. The zero-order valence-corrected chi connectivity index (χ0v) is 26.3. The van der Waals surface area contributed by atoms with Crippen LogP contribution in [0.25, 0.3) is 4.85 Å². The molecule has 2 aromatic rings. The SMILES string of the molecule is [C-]#[N+]C[C@H]1CN(c2nc(OCC3(CN(C)C)CC3)nc3c2CC(C)N(c2c(Cl)cccc2C(F)(F)F)C3)CCN1C(=O)C(=C)F. The largest absolute Gasteiger partial charge is 0.463 e. The van der Waals surface area contributed by atoms with E-state index in [-0.39, 0.29) is 48.3 Å². The summed E-state index contributed by atoms with van der Waals surface area (Å²) in [5, 5.41) is -0.0116. The number of fused-ring (bicyclic) bond motifs is 1. The topological polar surface area (TPSA) is 69.4 Å². The van der Waals surface area contributed by atoms with Crippen molar-refractivity contribution in [3.05, 3.63) is 63.9 Å². The summed E-state index contributed by atoms with van der Waals surface area (Å²) >= 11 is 6.40. The van der Waals surface area contributed by atoms with Crippen LogP contribution in [-0.2, 0) is 23.9 Å². The number of piperazine rings is 1. The van der Waals surface area contributed by atoms with Gasteiger partial charge in [0.15, 0.2) is 5.83 Å². The van der Waals surface area contributed by atoms with E-state index in [1.165, 1.54) is 17.0 Å².